The maximum Gasteiger partial charge on any atom is 0.230 e. The number of amides is 1. The molecule has 0 aliphatic heterocycles. The van der Waals surface area contributed by atoms with Crippen LogP contribution in [-0.4, -0.2) is 15.9 Å². The van der Waals surface area contributed by atoms with Gasteiger partial charge < -0.3 is 5.32 Å². The number of carbonyl (C=O) groups is 1. The summed E-state index contributed by atoms with van der Waals surface area (Å²) in [5, 5.41) is 6.48. The number of para-hydroxylation sites is 1. The second-order valence-corrected chi connectivity index (χ2v) is 6.61. The van der Waals surface area contributed by atoms with Gasteiger partial charge >= 0.3 is 0 Å². The van der Waals surface area contributed by atoms with Crippen LogP contribution in [0.1, 0.15) is 5.69 Å². The highest BCUT2D eigenvalue weighted by atomic mass is 32.1. The highest BCUT2D eigenvalue weighted by Gasteiger charge is 2.11. The first-order chi connectivity index (χ1) is 12.7. The van der Waals surface area contributed by atoms with E-state index in [0.717, 1.165) is 21.5 Å². The molecule has 2 aromatic heterocycles. The van der Waals surface area contributed by atoms with Crippen molar-refractivity contribution in [2.45, 2.75) is 6.42 Å². The lowest BCUT2D eigenvalue weighted by Gasteiger charge is -2.07. The van der Waals surface area contributed by atoms with Gasteiger partial charge in [-0.2, -0.15) is 0 Å². The van der Waals surface area contributed by atoms with Crippen LogP contribution in [0.15, 0.2) is 66.2 Å². The zero-order chi connectivity index (χ0) is 17.9. The van der Waals surface area contributed by atoms with Gasteiger partial charge in [-0.15, -0.1) is 11.3 Å². The first-order valence-electron chi connectivity index (χ1n) is 8.03. The second-order valence-electron chi connectivity index (χ2n) is 5.76. The van der Waals surface area contributed by atoms with Crippen molar-refractivity contribution in [3.05, 3.63) is 77.7 Å². The minimum Gasteiger partial charge on any atom is -0.324 e. The average Bonchev–Trinajstić information content (AvgIpc) is 3.11. The van der Waals surface area contributed by atoms with Gasteiger partial charge in [0.2, 0.25) is 5.91 Å². The van der Waals surface area contributed by atoms with E-state index in [2.05, 4.69) is 15.3 Å². The number of rotatable bonds is 4. The molecule has 0 saturated carbocycles. The Morgan fingerprint density at radius 3 is 2.73 bits per heavy atom. The van der Waals surface area contributed by atoms with Gasteiger partial charge in [0.05, 0.1) is 23.3 Å². The Morgan fingerprint density at radius 2 is 1.88 bits per heavy atom. The zero-order valence-corrected chi connectivity index (χ0v) is 14.5. The van der Waals surface area contributed by atoms with Crippen molar-refractivity contribution in [3.8, 4) is 10.6 Å². The van der Waals surface area contributed by atoms with Crippen LogP contribution < -0.4 is 5.32 Å². The lowest BCUT2D eigenvalue weighted by molar-refractivity contribution is -0.115. The van der Waals surface area contributed by atoms with E-state index in [4.69, 9.17) is 0 Å². The van der Waals surface area contributed by atoms with Gasteiger partial charge in [-0.3, -0.25) is 9.78 Å². The number of halogens is 1. The fraction of sp³-hybridized carbons (Fsp3) is 0.0500. The number of aromatic nitrogens is 2. The van der Waals surface area contributed by atoms with E-state index in [9.17, 15) is 9.18 Å². The van der Waals surface area contributed by atoms with Gasteiger partial charge in [-0.1, -0.05) is 18.2 Å². The number of benzene rings is 2. The Kier molecular flexibility index (Phi) is 4.41. The fourth-order valence-corrected chi connectivity index (χ4v) is 3.50. The maximum atomic E-state index is 13.0. The molecule has 2 aromatic carbocycles. The number of hydrogen-bond acceptors (Lipinski definition) is 4. The molecule has 26 heavy (non-hydrogen) atoms. The highest BCUT2D eigenvalue weighted by molar-refractivity contribution is 7.13. The van der Waals surface area contributed by atoms with Gasteiger partial charge in [0.25, 0.3) is 0 Å². The molecule has 6 heteroatoms. The quantitative estimate of drug-likeness (QED) is 0.573. The van der Waals surface area contributed by atoms with E-state index >= 15 is 0 Å². The minimum atomic E-state index is -0.284. The van der Waals surface area contributed by atoms with E-state index in [1.807, 2.05) is 35.7 Å². The van der Waals surface area contributed by atoms with Crippen LogP contribution in [0.4, 0.5) is 10.1 Å². The third-order valence-corrected chi connectivity index (χ3v) is 4.83. The maximum absolute atomic E-state index is 13.0. The minimum absolute atomic E-state index is 0.154. The predicted molar refractivity (Wildman–Crippen MR) is 102 cm³/mol. The Bertz CT molecular complexity index is 1070. The van der Waals surface area contributed by atoms with Crippen LogP contribution >= 0.6 is 11.3 Å². The first-order valence-corrected chi connectivity index (χ1v) is 8.91. The summed E-state index contributed by atoms with van der Waals surface area (Å²) in [5.41, 5.74) is 2.96. The molecule has 128 valence electrons. The van der Waals surface area contributed by atoms with Gasteiger partial charge in [0.1, 0.15) is 10.8 Å². The van der Waals surface area contributed by atoms with E-state index in [1.54, 1.807) is 18.3 Å². The third kappa shape index (κ3) is 3.45. The number of hydrogen-bond donors (Lipinski definition) is 1. The largest absolute Gasteiger partial charge is 0.324 e. The molecule has 0 aliphatic rings. The molecule has 0 radical (unpaired) electrons. The van der Waals surface area contributed by atoms with Crippen molar-refractivity contribution in [3.63, 3.8) is 0 Å². The van der Waals surface area contributed by atoms with Crippen molar-refractivity contribution >= 4 is 33.8 Å². The Balaban J connectivity index is 1.49. The smallest absolute Gasteiger partial charge is 0.230 e. The number of nitrogens with zero attached hydrogens (tertiary/aromatic N) is 2. The Labute approximate surface area is 153 Å². The van der Waals surface area contributed by atoms with E-state index in [1.165, 1.54) is 23.5 Å². The van der Waals surface area contributed by atoms with E-state index in [-0.39, 0.29) is 18.1 Å². The van der Waals surface area contributed by atoms with Gasteiger partial charge in [0, 0.05) is 22.5 Å². The van der Waals surface area contributed by atoms with Gasteiger partial charge in [0.15, 0.2) is 0 Å². The molecule has 0 bridgehead atoms. The van der Waals surface area contributed by atoms with E-state index < -0.39 is 0 Å². The normalized spacial score (nSPS) is 10.8. The predicted octanol–water partition coefficient (Wildman–Crippen LogP) is 4.68. The Hall–Kier alpha value is -3.12. The molecule has 0 aliphatic carbocycles. The zero-order valence-electron chi connectivity index (χ0n) is 13.6. The highest BCUT2D eigenvalue weighted by Crippen LogP contribution is 2.25. The van der Waals surface area contributed by atoms with Crippen molar-refractivity contribution < 1.29 is 9.18 Å². The van der Waals surface area contributed by atoms with Crippen LogP contribution in [0.25, 0.3) is 21.5 Å². The monoisotopic (exact) mass is 363 g/mol. The summed E-state index contributed by atoms with van der Waals surface area (Å²) in [6, 6.07) is 15.6. The molecule has 1 amide bonds. The summed E-state index contributed by atoms with van der Waals surface area (Å²) in [4.78, 5) is 21.2. The molecular weight excluding hydrogens is 349 g/mol. The standard InChI is InChI=1S/C20H14FN3OS/c21-15-8-6-14(7-9-15)20-23-16(12-26-20)11-18(25)24-17-5-1-3-13-4-2-10-22-19(13)17/h1-10,12H,11H2,(H,24,25). The van der Waals surface area contributed by atoms with E-state index in [0.29, 0.717) is 11.4 Å². The van der Waals surface area contributed by atoms with Crippen LogP contribution in [0.5, 0.6) is 0 Å². The van der Waals surface area contributed by atoms with Crippen LogP contribution in [0.2, 0.25) is 0 Å². The number of carbonyl (C=O) groups excluding carboxylic acids is 1. The summed E-state index contributed by atoms with van der Waals surface area (Å²) in [6.45, 7) is 0. The molecule has 2 heterocycles. The molecule has 0 spiro atoms. The summed E-state index contributed by atoms with van der Waals surface area (Å²) < 4.78 is 13.0. The SMILES string of the molecule is O=C(Cc1csc(-c2ccc(F)cc2)n1)Nc1cccc2cccnc12. The molecular formula is C20H14FN3OS. The van der Waals surface area contributed by atoms with Crippen LogP contribution in [0, 0.1) is 5.82 Å². The lowest BCUT2D eigenvalue weighted by atomic mass is 10.2. The third-order valence-electron chi connectivity index (χ3n) is 3.89. The molecule has 4 rings (SSSR count). The molecule has 0 saturated heterocycles. The number of anilines is 1. The average molecular weight is 363 g/mol. The number of nitrogens with one attached hydrogen (secondary N) is 1. The Morgan fingerprint density at radius 1 is 1.08 bits per heavy atom. The number of fused-ring (bicyclic) bond motifs is 1. The number of thiazole rings is 1. The second kappa shape index (κ2) is 7.01. The number of pyridine rings is 1. The molecule has 4 aromatic rings. The van der Waals surface area contributed by atoms with Crippen molar-refractivity contribution in [1.82, 2.24) is 9.97 Å². The molecule has 0 unspecified atom stereocenters. The molecule has 4 nitrogen and oxygen atoms in total. The topological polar surface area (TPSA) is 54.9 Å². The molecule has 0 atom stereocenters. The van der Waals surface area contributed by atoms with Crippen molar-refractivity contribution in [2.24, 2.45) is 0 Å². The first kappa shape index (κ1) is 16.4. The summed E-state index contributed by atoms with van der Waals surface area (Å²) in [6.07, 6.45) is 1.87. The molecule has 1 N–H and O–H groups in total. The van der Waals surface area contributed by atoms with Crippen molar-refractivity contribution in [2.75, 3.05) is 5.32 Å². The fourth-order valence-electron chi connectivity index (χ4n) is 2.68. The van der Waals surface area contributed by atoms with Crippen molar-refractivity contribution in [1.29, 1.82) is 0 Å². The molecule has 0 fully saturated rings. The van der Waals surface area contributed by atoms with Gasteiger partial charge in [-0.25, -0.2) is 9.37 Å². The van der Waals surface area contributed by atoms with Crippen LogP contribution in [-0.2, 0) is 11.2 Å². The lowest BCUT2D eigenvalue weighted by Crippen LogP contribution is -2.15. The van der Waals surface area contributed by atoms with Crippen LogP contribution in [0.3, 0.4) is 0 Å². The summed E-state index contributed by atoms with van der Waals surface area (Å²) in [7, 11) is 0. The summed E-state index contributed by atoms with van der Waals surface area (Å²) >= 11 is 1.43. The summed E-state index contributed by atoms with van der Waals surface area (Å²) in [5.74, 6) is -0.437. The van der Waals surface area contributed by atoms with Gasteiger partial charge in [-0.05, 0) is 36.4 Å².